The van der Waals surface area contributed by atoms with Crippen LogP contribution in [0.25, 0.3) is 11.3 Å². The quantitative estimate of drug-likeness (QED) is 0.758. The van der Waals surface area contributed by atoms with Gasteiger partial charge in [0.1, 0.15) is 5.82 Å². The van der Waals surface area contributed by atoms with Crippen molar-refractivity contribution in [2.24, 2.45) is 0 Å². The lowest BCUT2D eigenvalue weighted by atomic mass is 10.1. The van der Waals surface area contributed by atoms with E-state index in [-0.39, 0.29) is 0 Å². The van der Waals surface area contributed by atoms with Crippen LogP contribution >= 0.6 is 0 Å². The Hall–Kier alpha value is -2.34. The van der Waals surface area contributed by atoms with Gasteiger partial charge in [-0.3, -0.25) is 0 Å². The molecule has 0 amide bonds. The Morgan fingerprint density at radius 1 is 1.07 bits per heavy atom. The van der Waals surface area contributed by atoms with Gasteiger partial charge in [0, 0.05) is 5.56 Å². The summed E-state index contributed by atoms with van der Waals surface area (Å²) in [6.45, 7) is 0. The summed E-state index contributed by atoms with van der Waals surface area (Å²) in [5.74, 6) is 0.459. The van der Waals surface area contributed by atoms with Crippen molar-refractivity contribution in [3.05, 3.63) is 48.0 Å². The maximum atomic E-state index is 8.94. The number of nitrogen functional groups attached to an aromatic ring is 1. The van der Waals surface area contributed by atoms with Crippen LogP contribution in [0.4, 0.5) is 5.82 Å². The van der Waals surface area contributed by atoms with E-state index in [4.69, 9.17) is 11.0 Å². The monoisotopic (exact) mass is 195 g/mol. The molecule has 72 valence electrons. The molecule has 3 heteroatoms. The van der Waals surface area contributed by atoms with Crippen LogP contribution in [-0.4, -0.2) is 4.98 Å². The summed E-state index contributed by atoms with van der Waals surface area (Å²) < 4.78 is 0. The summed E-state index contributed by atoms with van der Waals surface area (Å²) in [5, 5.41) is 8.94. The van der Waals surface area contributed by atoms with Crippen molar-refractivity contribution in [2.45, 2.75) is 0 Å². The molecule has 0 radical (unpaired) electrons. The molecule has 0 atom stereocenters. The van der Waals surface area contributed by atoms with Crippen LogP contribution in [0, 0.1) is 11.3 Å². The zero-order valence-electron chi connectivity index (χ0n) is 8.01. The maximum Gasteiger partial charge on any atom is 0.124 e. The average Bonchev–Trinajstić information content (AvgIpc) is 2.29. The van der Waals surface area contributed by atoms with Gasteiger partial charge in [0.15, 0.2) is 0 Å². The number of hydrogen-bond acceptors (Lipinski definition) is 3. The van der Waals surface area contributed by atoms with Crippen molar-refractivity contribution in [1.82, 2.24) is 4.98 Å². The fourth-order valence-electron chi connectivity index (χ4n) is 1.41. The maximum absolute atomic E-state index is 8.94. The third-order valence-corrected chi connectivity index (χ3v) is 2.09. The summed E-state index contributed by atoms with van der Waals surface area (Å²) >= 11 is 0. The topological polar surface area (TPSA) is 62.7 Å². The summed E-state index contributed by atoms with van der Waals surface area (Å²) in [7, 11) is 0. The van der Waals surface area contributed by atoms with E-state index in [0.717, 1.165) is 11.3 Å². The van der Waals surface area contributed by atoms with E-state index in [1.165, 1.54) is 0 Å². The number of nitrogens with two attached hydrogens (primary N) is 1. The SMILES string of the molecule is N#Cc1ccccc1-c1cccc(N)n1. The molecule has 0 fully saturated rings. The molecule has 0 bridgehead atoms. The van der Waals surface area contributed by atoms with E-state index in [9.17, 15) is 0 Å². The lowest BCUT2D eigenvalue weighted by Crippen LogP contribution is -1.92. The molecular formula is C12H9N3. The number of hydrogen-bond donors (Lipinski definition) is 1. The second-order valence-corrected chi connectivity index (χ2v) is 3.11. The van der Waals surface area contributed by atoms with Crippen LogP contribution < -0.4 is 5.73 Å². The van der Waals surface area contributed by atoms with Crippen LogP contribution in [-0.2, 0) is 0 Å². The Morgan fingerprint density at radius 3 is 2.60 bits per heavy atom. The molecule has 0 saturated heterocycles. The van der Waals surface area contributed by atoms with Gasteiger partial charge < -0.3 is 5.73 Å². The third kappa shape index (κ3) is 1.79. The molecule has 1 aromatic carbocycles. The largest absolute Gasteiger partial charge is 0.384 e. The zero-order chi connectivity index (χ0) is 10.7. The molecule has 2 N–H and O–H groups in total. The first-order chi connectivity index (χ1) is 7.31. The van der Waals surface area contributed by atoms with Crippen LogP contribution in [0.5, 0.6) is 0 Å². The number of benzene rings is 1. The van der Waals surface area contributed by atoms with Crippen LogP contribution in [0.15, 0.2) is 42.5 Å². The fraction of sp³-hybridized carbons (Fsp3) is 0. The minimum atomic E-state index is 0.459. The summed E-state index contributed by atoms with van der Waals surface area (Å²) in [6, 6.07) is 14.8. The normalized spacial score (nSPS) is 9.53. The summed E-state index contributed by atoms with van der Waals surface area (Å²) in [6.07, 6.45) is 0. The van der Waals surface area contributed by atoms with Crippen LogP contribution in [0.2, 0.25) is 0 Å². The molecule has 0 aliphatic heterocycles. The Morgan fingerprint density at radius 2 is 1.87 bits per heavy atom. The van der Waals surface area contributed by atoms with Crippen LogP contribution in [0.3, 0.4) is 0 Å². The van der Waals surface area contributed by atoms with E-state index < -0.39 is 0 Å². The number of nitrogens with zero attached hydrogens (tertiary/aromatic N) is 2. The van der Waals surface area contributed by atoms with Crippen LogP contribution in [0.1, 0.15) is 5.56 Å². The molecule has 2 aromatic rings. The van der Waals surface area contributed by atoms with Crippen molar-refractivity contribution >= 4 is 5.82 Å². The molecule has 0 saturated carbocycles. The predicted octanol–water partition coefficient (Wildman–Crippen LogP) is 2.20. The van der Waals surface area contributed by atoms with E-state index in [1.54, 1.807) is 12.1 Å². The minimum absolute atomic E-state index is 0.459. The molecule has 1 heterocycles. The fourth-order valence-corrected chi connectivity index (χ4v) is 1.41. The van der Waals surface area contributed by atoms with Gasteiger partial charge in [0.05, 0.1) is 17.3 Å². The third-order valence-electron chi connectivity index (χ3n) is 2.09. The molecule has 0 aliphatic rings. The number of aromatic nitrogens is 1. The Balaban J connectivity index is 2.60. The number of nitriles is 1. The van der Waals surface area contributed by atoms with E-state index in [2.05, 4.69) is 11.1 Å². The highest BCUT2D eigenvalue weighted by atomic mass is 14.8. The summed E-state index contributed by atoms with van der Waals surface area (Å²) in [4.78, 5) is 4.18. The number of rotatable bonds is 1. The molecule has 0 unspecified atom stereocenters. The van der Waals surface area contributed by atoms with Gasteiger partial charge in [0.2, 0.25) is 0 Å². The van der Waals surface area contributed by atoms with Gasteiger partial charge in [-0.25, -0.2) is 4.98 Å². The van der Waals surface area contributed by atoms with Crippen molar-refractivity contribution in [3.8, 4) is 17.3 Å². The first-order valence-corrected chi connectivity index (χ1v) is 4.53. The van der Waals surface area contributed by atoms with Crippen molar-refractivity contribution in [1.29, 1.82) is 5.26 Å². The van der Waals surface area contributed by atoms with E-state index in [0.29, 0.717) is 11.4 Å². The van der Waals surface area contributed by atoms with Gasteiger partial charge in [-0.1, -0.05) is 24.3 Å². The van der Waals surface area contributed by atoms with Gasteiger partial charge in [-0.15, -0.1) is 0 Å². The minimum Gasteiger partial charge on any atom is -0.384 e. The second-order valence-electron chi connectivity index (χ2n) is 3.11. The Bertz CT molecular complexity index is 526. The molecule has 3 nitrogen and oxygen atoms in total. The molecular weight excluding hydrogens is 186 g/mol. The standard InChI is InChI=1S/C12H9N3/c13-8-9-4-1-2-5-10(9)11-6-3-7-12(14)15-11/h1-7H,(H2,14,15). The van der Waals surface area contributed by atoms with Crippen molar-refractivity contribution < 1.29 is 0 Å². The first-order valence-electron chi connectivity index (χ1n) is 4.53. The lowest BCUT2D eigenvalue weighted by molar-refractivity contribution is 1.32. The first kappa shape index (κ1) is 9.22. The molecule has 0 spiro atoms. The molecule has 1 aromatic heterocycles. The van der Waals surface area contributed by atoms with Gasteiger partial charge in [0.25, 0.3) is 0 Å². The molecule has 0 aliphatic carbocycles. The highest BCUT2D eigenvalue weighted by molar-refractivity contribution is 5.68. The van der Waals surface area contributed by atoms with E-state index in [1.807, 2.05) is 30.3 Å². The van der Waals surface area contributed by atoms with E-state index >= 15 is 0 Å². The highest BCUT2D eigenvalue weighted by Crippen LogP contribution is 2.21. The Labute approximate surface area is 87.8 Å². The van der Waals surface area contributed by atoms with Crippen molar-refractivity contribution in [3.63, 3.8) is 0 Å². The number of anilines is 1. The van der Waals surface area contributed by atoms with Gasteiger partial charge in [-0.05, 0) is 18.2 Å². The Kier molecular flexibility index (Phi) is 2.34. The average molecular weight is 195 g/mol. The second kappa shape index (κ2) is 3.81. The number of pyridine rings is 1. The van der Waals surface area contributed by atoms with Gasteiger partial charge in [-0.2, -0.15) is 5.26 Å². The van der Waals surface area contributed by atoms with Crippen molar-refractivity contribution in [2.75, 3.05) is 5.73 Å². The highest BCUT2D eigenvalue weighted by Gasteiger charge is 2.04. The lowest BCUT2D eigenvalue weighted by Gasteiger charge is -2.03. The van der Waals surface area contributed by atoms with Gasteiger partial charge >= 0.3 is 0 Å². The smallest absolute Gasteiger partial charge is 0.124 e. The molecule has 15 heavy (non-hydrogen) atoms. The predicted molar refractivity (Wildman–Crippen MR) is 58.8 cm³/mol. The summed E-state index contributed by atoms with van der Waals surface area (Å²) in [5.41, 5.74) is 7.74. The molecule has 2 rings (SSSR count). The zero-order valence-corrected chi connectivity index (χ0v) is 8.01.